The fourth-order valence-electron chi connectivity index (χ4n) is 3.05. The molecular formula is C23H15ClF2N2O3S. The van der Waals surface area contributed by atoms with Gasteiger partial charge in [-0.05, 0) is 60.7 Å². The maximum absolute atomic E-state index is 13.2. The van der Waals surface area contributed by atoms with Crippen molar-refractivity contribution in [3.63, 3.8) is 0 Å². The molecule has 0 amide bonds. The second-order valence-corrected chi connectivity index (χ2v) is 8.09. The molecule has 1 heterocycles. The first kappa shape index (κ1) is 21.9. The molecule has 32 heavy (non-hydrogen) atoms. The van der Waals surface area contributed by atoms with Crippen LogP contribution in [0.2, 0.25) is 5.02 Å². The number of fused-ring (bicyclic) bond motifs is 1. The van der Waals surface area contributed by atoms with Crippen molar-refractivity contribution >= 4 is 44.8 Å². The van der Waals surface area contributed by atoms with Gasteiger partial charge < -0.3 is 4.74 Å². The highest BCUT2D eigenvalue weighted by Gasteiger charge is 2.16. The normalized spacial score (nSPS) is 11.8. The molecule has 0 atom stereocenters. The Balaban J connectivity index is 1.70. The van der Waals surface area contributed by atoms with Crippen LogP contribution in [-0.2, 0) is 0 Å². The van der Waals surface area contributed by atoms with Gasteiger partial charge in [-0.15, -0.1) is 0 Å². The number of hydrogen-bond donors (Lipinski definition) is 0. The minimum atomic E-state index is -2.95. The summed E-state index contributed by atoms with van der Waals surface area (Å²) in [6.45, 7) is -3.10. The van der Waals surface area contributed by atoms with Crippen molar-refractivity contribution in [1.29, 1.82) is 0 Å². The second kappa shape index (κ2) is 9.42. The number of ether oxygens (including phenoxy) is 1. The van der Waals surface area contributed by atoms with Crippen LogP contribution in [0.15, 0.2) is 77.8 Å². The van der Waals surface area contributed by atoms with E-state index in [0.29, 0.717) is 20.9 Å². The highest BCUT2D eigenvalue weighted by atomic mass is 35.5. The van der Waals surface area contributed by atoms with E-state index in [4.69, 9.17) is 11.6 Å². The number of para-hydroxylation sites is 1. The number of carbonyl (C=O) groups excluding carboxylic acids is 2. The van der Waals surface area contributed by atoms with Gasteiger partial charge in [-0.2, -0.15) is 8.78 Å². The van der Waals surface area contributed by atoms with Gasteiger partial charge in [-0.25, -0.2) is 0 Å². The van der Waals surface area contributed by atoms with Gasteiger partial charge >= 0.3 is 6.61 Å². The average Bonchev–Trinajstić information content (AvgIpc) is 3.16. The Morgan fingerprint density at radius 3 is 2.31 bits per heavy atom. The molecule has 1 aromatic heterocycles. The van der Waals surface area contributed by atoms with Crippen LogP contribution in [0.1, 0.15) is 20.7 Å². The van der Waals surface area contributed by atoms with Crippen molar-refractivity contribution in [2.75, 3.05) is 6.54 Å². The Bertz CT molecular complexity index is 1350. The number of aromatic nitrogens is 1. The van der Waals surface area contributed by atoms with Crippen molar-refractivity contribution in [1.82, 2.24) is 4.57 Å². The minimum Gasteiger partial charge on any atom is -0.435 e. The molecule has 9 heteroatoms. The number of Topliss-reactive ketones (excluding diaryl/α,β-unsaturated/α-hetero) is 1. The zero-order valence-electron chi connectivity index (χ0n) is 16.4. The third kappa shape index (κ3) is 4.76. The van der Waals surface area contributed by atoms with Gasteiger partial charge in [-0.3, -0.25) is 19.1 Å². The van der Waals surface area contributed by atoms with E-state index < -0.39 is 12.5 Å². The van der Waals surface area contributed by atoms with Crippen LogP contribution in [-0.4, -0.2) is 29.4 Å². The Hall–Kier alpha value is -3.36. The molecule has 162 valence electrons. The third-order valence-corrected chi connectivity index (χ3v) is 5.86. The molecule has 5 nitrogen and oxygen atoms in total. The van der Waals surface area contributed by atoms with E-state index in [1.807, 2.05) is 12.1 Å². The summed E-state index contributed by atoms with van der Waals surface area (Å²) in [4.78, 5) is 30.5. The van der Waals surface area contributed by atoms with Crippen molar-refractivity contribution in [3.05, 3.63) is 93.7 Å². The Morgan fingerprint density at radius 2 is 1.62 bits per heavy atom. The van der Waals surface area contributed by atoms with Gasteiger partial charge in [0.1, 0.15) is 12.3 Å². The molecule has 0 radical (unpaired) electrons. The lowest BCUT2D eigenvalue weighted by Gasteiger charge is -2.07. The zero-order chi connectivity index (χ0) is 22.7. The highest BCUT2D eigenvalue weighted by molar-refractivity contribution is 7.16. The number of alkyl halides is 2. The molecule has 0 aliphatic carbocycles. The molecule has 0 saturated heterocycles. The maximum atomic E-state index is 13.2. The van der Waals surface area contributed by atoms with E-state index in [9.17, 15) is 18.4 Å². The SMILES string of the molecule is O=C(CN=c1sc2ccccc2n1C(=O)c1ccc(OC(F)F)cc1)c1ccc(Cl)cc1. The molecule has 0 N–H and O–H groups in total. The number of ketones is 1. The van der Waals surface area contributed by atoms with Crippen LogP contribution in [0.5, 0.6) is 5.75 Å². The van der Waals surface area contributed by atoms with Gasteiger partial charge in [0.15, 0.2) is 10.6 Å². The fraction of sp³-hybridized carbons (Fsp3) is 0.0870. The van der Waals surface area contributed by atoms with Crippen molar-refractivity contribution < 1.29 is 23.1 Å². The molecule has 0 fully saturated rings. The topological polar surface area (TPSA) is 60.7 Å². The predicted molar refractivity (Wildman–Crippen MR) is 119 cm³/mol. The van der Waals surface area contributed by atoms with Gasteiger partial charge in [0, 0.05) is 16.1 Å². The molecule has 0 spiro atoms. The Morgan fingerprint density at radius 1 is 0.969 bits per heavy atom. The van der Waals surface area contributed by atoms with E-state index >= 15 is 0 Å². The maximum Gasteiger partial charge on any atom is 0.387 e. The van der Waals surface area contributed by atoms with Crippen molar-refractivity contribution in [3.8, 4) is 5.75 Å². The second-order valence-electron chi connectivity index (χ2n) is 6.64. The molecule has 0 saturated carbocycles. The molecule has 4 rings (SSSR count). The number of halogens is 3. The first-order valence-electron chi connectivity index (χ1n) is 9.42. The first-order valence-corrected chi connectivity index (χ1v) is 10.6. The summed E-state index contributed by atoms with van der Waals surface area (Å²) >= 11 is 7.14. The summed E-state index contributed by atoms with van der Waals surface area (Å²) in [7, 11) is 0. The lowest BCUT2D eigenvalue weighted by atomic mass is 10.1. The van der Waals surface area contributed by atoms with Crippen LogP contribution in [0.4, 0.5) is 8.78 Å². The fourth-order valence-corrected chi connectivity index (χ4v) is 4.18. The van der Waals surface area contributed by atoms with Gasteiger partial charge in [0.2, 0.25) is 0 Å². The minimum absolute atomic E-state index is 0.0461. The first-order chi connectivity index (χ1) is 15.4. The summed E-state index contributed by atoms with van der Waals surface area (Å²) in [6, 6.07) is 19.2. The molecular weight excluding hydrogens is 458 g/mol. The Kier molecular flexibility index (Phi) is 6.43. The molecule has 0 aliphatic rings. The van der Waals surface area contributed by atoms with Crippen LogP contribution in [0, 0.1) is 0 Å². The third-order valence-electron chi connectivity index (χ3n) is 4.55. The van der Waals surface area contributed by atoms with Gasteiger partial charge in [0.05, 0.1) is 10.2 Å². The van der Waals surface area contributed by atoms with Gasteiger partial charge in [-0.1, -0.05) is 35.1 Å². The van der Waals surface area contributed by atoms with Gasteiger partial charge in [0.25, 0.3) is 5.91 Å². The lowest BCUT2D eigenvalue weighted by Crippen LogP contribution is -2.24. The predicted octanol–water partition coefficient (Wildman–Crippen LogP) is 5.43. The van der Waals surface area contributed by atoms with E-state index in [-0.39, 0.29) is 23.6 Å². The molecule has 0 bridgehead atoms. The molecule has 3 aromatic carbocycles. The van der Waals surface area contributed by atoms with E-state index in [1.165, 1.54) is 40.2 Å². The summed E-state index contributed by atoms with van der Waals surface area (Å²) in [5, 5.41) is 0.524. The number of rotatable bonds is 6. The number of nitrogens with zero attached hydrogens (tertiary/aromatic N) is 2. The van der Waals surface area contributed by atoms with Crippen molar-refractivity contribution in [2.24, 2.45) is 4.99 Å². The van der Waals surface area contributed by atoms with E-state index in [0.717, 1.165) is 4.70 Å². The Labute approximate surface area is 190 Å². The van der Waals surface area contributed by atoms with Crippen LogP contribution in [0.3, 0.4) is 0 Å². The quantitative estimate of drug-likeness (QED) is 0.351. The van der Waals surface area contributed by atoms with Crippen LogP contribution >= 0.6 is 22.9 Å². The average molecular weight is 473 g/mol. The molecule has 0 aliphatic heterocycles. The zero-order valence-corrected chi connectivity index (χ0v) is 17.9. The number of thiazole rings is 1. The smallest absolute Gasteiger partial charge is 0.387 e. The van der Waals surface area contributed by atoms with E-state index in [2.05, 4.69) is 9.73 Å². The summed E-state index contributed by atoms with van der Waals surface area (Å²) in [5.74, 6) is -0.662. The summed E-state index contributed by atoms with van der Waals surface area (Å²) < 4.78 is 31.3. The number of carbonyl (C=O) groups is 2. The lowest BCUT2D eigenvalue weighted by molar-refractivity contribution is -0.0498. The largest absolute Gasteiger partial charge is 0.435 e. The highest BCUT2D eigenvalue weighted by Crippen LogP contribution is 2.20. The van der Waals surface area contributed by atoms with E-state index in [1.54, 1.807) is 36.4 Å². The monoisotopic (exact) mass is 472 g/mol. The van der Waals surface area contributed by atoms with Crippen LogP contribution in [0.25, 0.3) is 10.2 Å². The van der Waals surface area contributed by atoms with Crippen LogP contribution < -0.4 is 9.54 Å². The summed E-state index contributed by atoms with van der Waals surface area (Å²) in [5.41, 5.74) is 1.36. The van der Waals surface area contributed by atoms with Crippen molar-refractivity contribution in [2.45, 2.75) is 6.61 Å². The number of hydrogen-bond acceptors (Lipinski definition) is 5. The summed E-state index contributed by atoms with van der Waals surface area (Å²) in [6.07, 6.45) is 0. The molecule has 4 aromatic rings. The number of benzene rings is 3. The standard InChI is InChI=1S/C23H15ClF2N2O3S/c24-16-9-5-14(6-10-16)19(29)13-27-23-28(18-3-1-2-4-20(18)32-23)21(30)15-7-11-17(12-8-15)31-22(25)26/h1-12,22H,13H2. The molecule has 0 unspecified atom stereocenters.